The molecule has 27 heavy (non-hydrogen) atoms. The summed E-state index contributed by atoms with van der Waals surface area (Å²) in [4.78, 5) is 12.4. The summed E-state index contributed by atoms with van der Waals surface area (Å²) >= 11 is 0. The molecule has 1 aromatic heterocycles. The molecule has 0 unspecified atom stereocenters. The second kappa shape index (κ2) is 7.53. The molecule has 1 heterocycles. The summed E-state index contributed by atoms with van der Waals surface area (Å²) in [7, 11) is 0. The molecule has 0 spiro atoms. The molecule has 2 N–H and O–H groups in total. The van der Waals surface area contributed by atoms with E-state index >= 15 is 0 Å². The Morgan fingerprint density at radius 3 is 2.04 bits per heavy atom. The van der Waals surface area contributed by atoms with Crippen LogP contribution in [-0.2, 0) is 0 Å². The first-order valence-electron chi connectivity index (χ1n) is 8.49. The van der Waals surface area contributed by atoms with E-state index in [1.54, 1.807) is 10.9 Å². The van der Waals surface area contributed by atoms with Crippen LogP contribution in [0.15, 0.2) is 91.1 Å². The fraction of sp³-hybridized carbons (Fsp3) is 0. The molecule has 132 valence electrons. The Morgan fingerprint density at radius 1 is 0.741 bits per heavy atom. The molecule has 0 atom stereocenters. The van der Waals surface area contributed by atoms with Crippen LogP contribution in [0.4, 0.5) is 17.1 Å². The van der Waals surface area contributed by atoms with Gasteiger partial charge in [-0.1, -0.05) is 41.6 Å². The number of hydrogen-bond donors (Lipinski definition) is 2. The summed E-state index contributed by atoms with van der Waals surface area (Å²) < 4.78 is 1.57. The average Bonchev–Trinajstić information content (AvgIpc) is 3.21. The van der Waals surface area contributed by atoms with Gasteiger partial charge >= 0.3 is 0 Å². The van der Waals surface area contributed by atoms with Crippen molar-refractivity contribution in [3.05, 3.63) is 96.8 Å². The van der Waals surface area contributed by atoms with Crippen molar-refractivity contribution in [1.82, 2.24) is 15.0 Å². The van der Waals surface area contributed by atoms with Crippen LogP contribution < -0.4 is 10.6 Å². The Bertz CT molecular complexity index is 1030. The van der Waals surface area contributed by atoms with Crippen LogP contribution in [0.25, 0.3) is 5.69 Å². The van der Waals surface area contributed by atoms with E-state index in [2.05, 4.69) is 20.9 Å². The number of benzene rings is 3. The highest BCUT2D eigenvalue weighted by Crippen LogP contribution is 2.19. The molecule has 4 rings (SSSR count). The summed E-state index contributed by atoms with van der Waals surface area (Å²) in [6.45, 7) is 0. The first-order chi connectivity index (χ1) is 13.3. The number of carbonyl (C=O) groups is 1. The van der Waals surface area contributed by atoms with E-state index in [9.17, 15) is 4.79 Å². The zero-order valence-electron chi connectivity index (χ0n) is 14.4. The van der Waals surface area contributed by atoms with Crippen LogP contribution in [0.5, 0.6) is 0 Å². The Hall–Kier alpha value is -3.93. The van der Waals surface area contributed by atoms with E-state index in [1.165, 1.54) is 0 Å². The van der Waals surface area contributed by atoms with Crippen LogP contribution >= 0.6 is 0 Å². The van der Waals surface area contributed by atoms with Crippen molar-refractivity contribution in [2.24, 2.45) is 0 Å². The molecule has 1 amide bonds. The molecule has 0 fully saturated rings. The SMILES string of the molecule is O=C(Nc1ccc(Nc2ccccc2)cc1)c1cn(-c2ccccc2)nn1. The lowest BCUT2D eigenvalue weighted by Gasteiger charge is -2.08. The van der Waals surface area contributed by atoms with Gasteiger partial charge in [0.25, 0.3) is 5.91 Å². The topological polar surface area (TPSA) is 71.8 Å². The first-order valence-corrected chi connectivity index (χ1v) is 8.49. The van der Waals surface area contributed by atoms with Gasteiger partial charge < -0.3 is 10.6 Å². The highest BCUT2D eigenvalue weighted by Gasteiger charge is 2.11. The maximum atomic E-state index is 12.4. The molecule has 0 aliphatic rings. The summed E-state index contributed by atoms with van der Waals surface area (Å²) in [5.74, 6) is -0.305. The zero-order valence-corrected chi connectivity index (χ0v) is 14.4. The number of aromatic nitrogens is 3. The van der Waals surface area contributed by atoms with E-state index in [4.69, 9.17) is 0 Å². The number of rotatable bonds is 5. The third-order valence-electron chi connectivity index (χ3n) is 3.95. The highest BCUT2D eigenvalue weighted by atomic mass is 16.2. The molecule has 0 saturated carbocycles. The van der Waals surface area contributed by atoms with Gasteiger partial charge in [-0.15, -0.1) is 5.10 Å². The number of hydrogen-bond acceptors (Lipinski definition) is 4. The Labute approximate surface area is 156 Å². The Morgan fingerprint density at radius 2 is 1.33 bits per heavy atom. The maximum Gasteiger partial charge on any atom is 0.277 e. The minimum absolute atomic E-state index is 0.255. The lowest BCUT2D eigenvalue weighted by molar-refractivity contribution is 0.102. The van der Waals surface area contributed by atoms with E-state index in [0.717, 1.165) is 17.1 Å². The molecular formula is C21H17N5O. The van der Waals surface area contributed by atoms with Crippen molar-refractivity contribution in [3.8, 4) is 5.69 Å². The minimum Gasteiger partial charge on any atom is -0.356 e. The van der Waals surface area contributed by atoms with Crippen LogP contribution in [0.2, 0.25) is 0 Å². The van der Waals surface area contributed by atoms with Crippen LogP contribution in [0, 0.1) is 0 Å². The van der Waals surface area contributed by atoms with E-state index < -0.39 is 0 Å². The maximum absolute atomic E-state index is 12.4. The molecule has 0 aliphatic heterocycles. The van der Waals surface area contributed by atoms with Crippen molar-refractivity contribution in [3.63, 3.8) is 0 Å². The molecule has 0 aliphatic carbocycles. The quantitative estimate of drug-likeness (QED) is 0.561. The van der Waals surface area contributed by atoms with E-state index in [1.807, 2.05) is 84.9 Å². The molecule has 0 radical (unpaired) electrons. The van der Waals surface area contributed by atoms with Gasteiger partial charge in [0, 0.05) is 17.1 Å². The second-order valence-electron chi connectivity index (χ2n) is 5.91. The van der Waals surface area contributed by atoms with Crippen LogP contribution in [0.3, 0.4) is 0 Å². The smallest absolute Gasteiger partial charge is 0.277 e. The predicted octanol–water partition coefficient (Wildman–Crippen LogP) is 4.26. The van der Waals surface area contributed by atoms with Gasteiger partial charge in [0.05, 0.1) is 11.9 Å². The summed E-state index contributed by atoms with van der Waals surface area (Å²) in [6, 6.07) is 26.9. The van der Waals surface area contributed by atoms with Gasteiger partial charge in [0.15, 0.2) is 5.69 Å². The lowest BCUT2D eigenvalue weighted by atomic mass is 10.2. The predicted molar refractivity (Wildman–Crippen MR) is 105 cm³/mol. The van der Waals surface area contributed by atoms with Gasteiger partial charge in [-0.25, -0.2) is 4.68 Å². The Balaban J connectivity index is 1.42. The third kappa shape index (κ3) is 4.01. The molecule has 4 aromatic rings. The fourth-order valence-corrected chi connectivity index (χ4v) is 2.59. The van der Waals surface area contributed by atoms with Gasteiger partial charge in [0.2, 0.25) is 0 Å². The van der Waals surface area contributed by atoms with Crippen molar-refractivity contribution in [2.75, 3.05) is 10.6 Å². The van der Waals surface area contributed by atoms with Gasteiger partial charge in [-0.3, -0.25) is 4.79 Å². The number of nitrogens with zero attached hydrogens (tertiary/aromatic N) is 3. The molecule has 6 heteroatoms. The highest BCUT2D eigenvalue weighted by molar-refractivity contribution is 6.02. The molecule has 0 saturated heterocycles. The second-order valence-corrected chi connectivity index (χ2v) is 5.91. The van der Waals surface area contributed by atoms with Crippen molar-refractivity contribution < 1.29 is 4.79 Å². The largest absolute Gasteiger partial charge is 0.356 e. The number of nitrogens with one attached hydrogen (secondary N) is 2. The van der Waals surface area contributed by atoms with Crippen molar-refractivity contribution >= 4 is 23.0 Å². The number of carbonyl (C=O) groups excluding carboxylic acids is 1. The monoisotopic (exact) mass is 355 g/mol. The lowest BCUT2D eigenvalue weighted by Crippen LogP contribution is -2.12. The van der Waals surface area contributed by atoms with Gasteiger partial charge in [-0.2, -0.15) is 0 Å². The standard InChI is InChI=1S/C21H17N5O/c27-21(20-15-26(25-24-20)19-9-5-2-6-10-19)23-18-13-11-17(12-14-18)22-16-7-3-1-4-8-16/h1-15,22H,(H,23,27). The van der Waals surface area contributed by atoms with Crippen LogP contribution in [-0.4, -0.2) is 20.9 Å². The van der Waals surface area contributed by atoms with Crippen LogP contribution in [0.1, 0.15) is 10.5 Å². The van der Waals surface area contributed by atoms with Gasteiger partial charge in [0.1, 0.15) is 0 Å². The fourth-order valence-electron chi connectivity index (χ4n) is 2.59. The number of anilines is 3. The summed E-state index contributed by atoms with van der Waals surface area (Å²) in [6.07, 6.45) is 1.61. The first kappa shape index (κ1) is 16.5. The number of para-hydroxylation sites is 2. The van der Waals surface area contributed by atoms with Gasteiger partial charge in [-0.05, 0) is 48.5 Å². The molecule has 0 bridgehead atoms. The third-order valence-corrected chi connectivity index (χ3v) is 3.95. The van der Waals surface area contributed by atoms with E-state index in [0.29, 0.717) is 5.69 Å². The Kier molecular flexibility index (Phi) is 4.61. The molecule has 3 aromatic carbocycles. The summed E-state index contributed by atoms with van der Waals surface area (Å²) in [5, 5.41) is 14.1. The average molecular weight is 355 g/mol. The zero-order chi connectivity index (χ0) is 18.5. The normalized spacial score (nSPS) is 10.4. The van der Waals surface area contributed by atoms with Crippen molar-refractivity contribution in [1.29, 1.82) is 0 Å². The number of amides is 1. The summed E-state index contributed by atoms with van der Waals surface area (Å²) in [5.41, 5.74) is 3.74. The molecule has 6 nitrogen and oxygen atoms in total. The molecular weight excluding hydrogens is 338 g/mol. The van der Waals surface area contributed by atoms with Crippen molar-refractivity contribution in [2.45, 2.75) is 0 Å². The van der Waals surface area contributed by atoms with E-state index in [-0.39, 0.29) is 11.6 Å². The minimum atomic E-state index is -0.305.